The van der Waals surface area contributed by atoms with Crippen LogP contribution >= 0.6 is 0 Å². The van der Waals surface area contributed by atoms with Crippen LogP contribution in [-0.4, -0.2) is 43.7 Å². The summed E-state index contributed by atoms with van der Waals surface area (Å²) < 4.78 is 17.1. The summed E-state index contributed by atoms with van der Waals surface area (Å²) in [5, 5.41) is 5.36. The summed E-state index contributed by atoms with van der Waals surface area (Å²) in [5.74, 6) is 1.38. The number of hydrogen-bond donors (Lipinski definition) is 2. The smallest absolute Gasteiger partial charge is 0.244 e. The number of para-hydroxylation sites is 1. The van der Waals surface area contributed by atoms with E-state index in [1.54, 1.807) is 18.2 Å². The molecule has 32 heavy (non-hydrogen) atoms. The molecular formula is C25H32N2O5. The number of benzene rings is 2. The van der Waals surface area contributed by atoms with Gasteiger partial charge in [-0.2, -0.15) is 0 Å². The van der Waals surface area contributed by atoms with Gasteiger partial charge in [0, 0.05) is 11.6 Å². The number of amides is 2. The highest BCUT2D eigenvalue weighted by Crippen LogP contribution is 2.29. The van der Waals surface area contributed by atoms with E-state index in [4.69, 9.17) is 14.2 Å². The molecule has 7 heteroatoms. The van der Waals surface area contributed by atoms with E-state index in [-0.39, 0.29) is 23.9 Å². The van der Waals surface area contributed by atoms with Crippen molar-refractivity contribution in [1.82, 2.24) is 10.6 Å². The lowest BCUT2D eigenvalue weighted by Gasteiger charge is -2.20. The quantitative estimate of drug-likeness (QED) is 0.412. The molecule has 7 nitrogen and oxygen atoms in total. The second-order valence-corrected chi connectivity index (χ2v) is 8.00. The number of carbonyl (C=O) groups excluding carboxylic acids is 2. The lowest BCUT2D eigenvalue weighted by Crippen LogP contribution is -2.45. The highest BCUT2D eigenvalue weighted by atomic mass is 16.5. The van der Waals surface area contributed by atoms with Gasteiger partial charge in [-0.3, -0.25) is 9.59 Å². The summed E-state index contributed by atoms with van der Waals surface area (Å²) in [5.41, 5.74) is 0.431. The number of ether oxygens (including phenoxy) is 3. The lowest BCUT2D eigenvalue weighted by atomic mass is 10.1. The monoisotopic (exact) mass is 440 g/mol. The lowest BCUT2D eigenvalue weighted by molar-refractivity contribution is -0.124. The van der Waals surface area contributed by atoms with E-state index < -0.39 is 0 Å². The van der Waals surface area contributed by atoms with Gasteiger partial charge in [-0.1, -0.05) is 24.3 Å². The Kier molecular flexibility index (Phi) is 9.60. The predicted molar refractivity (Wildman–Crippen MR) is 125 cm³/mol. The first-order chi connectivity index (χ1) is 15.3. The molecule has 0 unspecified atom stereocenters. The molecule has 2 rings (SSSR count). The van der Waals surface area contributed by atoms with Gasteiger partial charge in [0.1, 0.15) is 19.0 Å². The molecule has 0 bridgehead atoms. The molecule has 0 aliphatic heterocycles. The Morgan fingerprint density at radius 1 is 0.938 bits per heavy atom. The third kappa shape index (κ3) is 9.55. The maximum Gasteiger partial charge on any atom is 0.244 e. The van der Waals surface area contributed by atoms with Gasteiger partial charge in [0.25, 0.3) is 0 Å². The van der Waals surface area contributed by atoms with Crippen molar-refractivity contribution in [3.05, 3.63) is 60.2 Å². The Morgan fingerprint density at radius 2 is 1.66 bits per heavy atom. The average molecular weight is 441 g/mol. The fraction of sp³-hybridized carbons (Fsp3) is 0.360. The fourth-order valence-corrected chi connectivity index (χ4v) is 2.70. The van der Waals surface area contributed by atoms with E-state index in [2.05, 4.69) is 10.6 Å². The summed E-state index contributed by atoms with van der Waals surface area (Å²) in [6.45, 7) is 8.70. The van der Waals surface area contributed by atoms with Crippen molar-refractivity contribution in [2.45, 2.75) is 33.2 Å². The van der Waals surface area contributed by atoms with E-state index in [0.717, 1.165) is 11.3 Å². The van der Waals surface area contributed by atoms with Crippen molar-refractivity contribution >= 4 is 17.9 Å². The van der Waals surface area contributed by atoms with Gasteiger partial charge < -0.3 is 24.8 Å². The van der Waals surface area contributed by atoms with Crippen molar-refractivity contribution in [2.24, 2.45) is 0 Å². The summed E-state index contributed by atoms with van der Waals surface area (Å²) in [6, 6.07) is 15.0. The van der Waals surface area contributed by atoms with E-state index >= 15 is 0 Å². The SMILES string of the molecule is CCOc1cc(/C=C/C(=O)NCC(=O)NC(C)(C)C)ccc1OCCOc1ccccc1. The zero-order chi connectivity index (χ0) is 23.4. The summed E-state index contributed by atoms with van der Waals surface area (Å²) in [7, 11) is 0. The van der Waals surface area contributed by atoms with Gasteiger partial charge in [-0.05, 0) is 63.6 Å². The molecule has 0 aliphatic carbocycles. The Bertz CT molecular complexity index is 904. The Hall–Kier alpha value is -3.48. The van der Waals surface area contributed by atoms with Crippen LogP contribution in [0.4, 0.5) is 0 Å². The third-order valence-corrected chi connectivity index (χ3v) is 3.99. The Labute approximate surface area is 189 Å². The number of carbonyl (C=O) groups is 2. The molecule has 2 aromatic rings. The molecule has 2 aromatic carbocycles. The minimum atomic E-state index is -0.356. The van der Waals surface area contributed by atoms with Crippen LogP contribution in [-0.2, 0) is 9.59 Å². The van der Waals surface area contributed by atoms with Crippen molar-refractivity contribution in [3.63, 3.8) is 0 Å². The maximum absolute atomic E-state index is 12.0. The molecule has 2 N–H and O–H groups in total. The average Bonchev–Trinajstić information content (AvgIpc) is 2.74. The summed E-state index contributed by atoms with van der Waals surface area (Å²) in [4.78, 5) is 23.8. The molecule has 0 saturated carbocycles. The normalized spacial score (nSPS) is 11.1. The summed E-state index contributed by atoms with van der Waals surface area (Å²) in [6.07, 6.45) is 3.03. The van der Waals surface area contributed by atoms with Crippen LogP contribution in [0, 0.1) is 0 Å². The van der Waals surface area contributed by atoms with Crippen LogP contribution in [0.15, 0.2) is 54.6 Å². The molecule has 0 aromatic heterocycles. The highest BCUT2D eigenvalue weighted by molar-refractivity contribution is 5.94. The van der Waals surface area contributed by atoms with E-state index in [1.165, 1.54) is 6.08 Å². The molecule has 0 atom stereocenters. The van der Waals surface area contributed by atoms with Crippen LogP contribution < -0.4 is 24.8 Å². The maximum atomic E-state index is 12.0. The van der Waals surface area contributed by atoms with Crippen molar-refractivity contribution in [3.8, 4) is 17.2 Å². The Morgan fingerprint density at radius 3 is 2.34 bits per heavy atom. The molecular weight excluding hydrogens is 408 g/mol. The van der Waals surface area contributed by atoms with Crippen LogP contribution in [0.2, 0.25) is 0 Å². The molecule has 0 aliphatic rings. The molecule has 172 valence electrons. The van der Waals surface area contributed by atoms with Crippen LogP contribution in [0.25, 0.3) is 6.08 Å². The highest BCUT2D eigenvalue weighted by Gasteiger charge is 2.13. The molecule has 0 saturated heterocycles. The van der Waals surface area contributed by atoms with Gasteiger partial charge in [0.2, 0.25) is 11.8 Å². The van der Waals surface area contributed by atoms with E-state index in [0.29, 0.717) is 31.3 Å². The van der Waals surface area contributed by atoms with Crippen molar-refractivity contribution in [2.75, 3.05) is 26.4 Å². The second-order valence-electron chi connectivity index (χ2n) is 8.00. The molecule has 0 heterocycles. The van der Waals surface area contributed by atoms with Crippen LogP contribution in [0.5, 0.6) is 17.2 Å². The second kappa shape index (κ2) is 12.4. The molecule has 2 amide bonds. The Balaban J connectivity index is 1.87. The first-order valence-corrected chi connectivity index (χ1v) is 10.6. The largest absolute Gasteiger partial charge is 0.490 e. The van der Waals surface area contributed by atoms with E-state index in [9.17, 15) is 9.59 Å². The minimum Gasteiger partial charge on any atom is -0.490 e. The zero-order valence-corrected chi connectivity index (χ0v) is 19.1. The van der Waals surface area contributed by atoms with E-state index in [1.807, 2.05) is 64.1 Å². The predicted octanol–water partition coefficient (Wildman–Crippen LogP) is 3.59. The van der Waals surface area contributed by atoms with Crippen LogP contribution in [0.3, 0.4) is 0 Å². The third-order valence-electron chi connectivity index (χ3n) is 3.99. The number of rotatable bonds is 11. The molecule has 0 radical (unpaired) electrons. The van der Waals surface area contributed by atoms with Gasteiger partial charge >= 0.3 is 0 Å². The fourth-order valence-electron chi connectivity index (χ4n) is 2.70. The first-order valence-electron chi connectivity index (χ1n) is 10.6. The zero-order valence-electron chi connectivity index (χ0n) is 19.1. The van der Waals surface area contributed by atoms with Gasteiger partial charge in [-0.15, -0.1) is 0 Å². The topological polar surface area (TPSA) is 85.9 Å². The molecule has 0 fully saturated rings. The van der Waals surface area contributed by atoms with Crippen molar-refractivity contribution in [1.29, 1.82) is 0 Å². The number of nitrogens with one attached hydrogen (secondary N) is 2. The van der Waals surface area contributed by atoms with Gasteiger partial charge in [0.05, 0.1) is 13.2 Å². The van der Waals surface area contributed by atoms with Crippen molar-refractivity contribution < 1.29 is 23.8 Å². The first kappa shape index (κ1) is 24.8. The minimum absolute atomic E-state index is 0.0809. The molecule has 0 spiro atoms. The standard InChI is InChI=1S/C25H32N2O5/c1-5-30-22-17-19(12-14-23(28)26-18-24(29)27-25(2,3)4)11-13-21(22)32-16-15-31-20-9-7-6-8-10-20/h6-14,17H,5,15-16,18H2,1-4H3,(H,26,28)(H,27,29)/b14-12+. The summed E-state index contributed by atoms with van der Waals surface area (Å²) >= 11 is 0. The van der Waals surface area contributed by atoms with Crippen LogP contribution in [0.1, 0.15) is 33.3 Å². The number of hydrogen-bond acceptors (Lipinski definition) is 5. The van der Waals surface area contributed by atoms with Gasteiger partial charge in [-0.25, -0.2) is 0 Å². The van der Waals surface area contributed by atoms with Gasteiger partial charge in [0.15, 0.2) is 11.5 Å².